The van der Waals surface area contributed by atoms with Crippen LogP contribution in [0, 0.1) is 6.92 Å². The largest absolute Gasteiger partial charge is 0.497 e. The molecule has 0 spiro atoms. The Morgan fingerprint density at radius 1 is 1.04 bits per heavy atom. The topological polar surface area (TPSA) is 38.8 Å². The van der Waals surface area contributed by atoms with Crippen molar-refractivity contribution in [1.29, 1.82) is 0 Å². The molecular weight excluding hydrogens is 302 g/mol. The first-order valence-corrected chi connectivity index (χ1v) is 8.32. The zero-order valence-electron chi connectivity index (χ0n) is 14.2. The van der Waals surface area contributed by atoms with E-state index in [0.29, 0.717) is 0 Å². The monoisotopic (exact) mass is 325 g/mol. The molecule has 4 nitrogen and oxygen atoms in total. The molecule has 0 saturated carbocycles. The molecule has 0 bridgehead atoms. The Labute approximate surface area is 143 Å². The van der Waals surface area contributed by atoms with Gasteiger partial charge < -0.3 is 14.4 Å². The fraction of sp³-hybridized carbons (Fsp3) is 0.350. The van der Waals surface area contributed by atoms with E-state index in [1.165, 1.54) is 0 Å². The lowest BCUT2D eigenvalue weighted by molar-refractivity contribution is 0.0595. The Balaban J connectivity index is 1.54. The molecule has 1 fully saturated rings. The molecule has 1 saturated heterocycles. The van der Waals surface area contributed by atoms with Crippen LogP contribution in [-0.4, -0.2) is 37.1 Å². The van der Waals surface area contributed by atoms with Gasteiger partial charge in [-0.1, -0.05) is 17.7 Å². The molecule has 0 aliphatic carbocycles. The van der Waals surface area contributed by atoms with E-state index >= 15 is 0 Å². The minimum atomic E-state index is 0.113. The normalized spacial score (nSPS) is 15.2. The summed E-state index contributed by atoms with van der Waals surface area (Å²) in [5.74, 6) is 1.78. The molecule has 1 amide bonds. The summed E-state index contributed by atoms with van der Waals surface area (Å²) in [7, 11) is 1.65. The fourth-order valence-corrected chi connectivity index (χ4v) is 2.98. The minimum Gasteiger partial charge on any atom is -0.497 e. The summed E-state index contributed by atoms with van der Waals surface area (Å²) in [5, 5.41) is 0. The molecule has 1 aliphatic rings. The molecule has 1 heterocycles. The standard InChI is InChI=1S/C20H23NO3/c1-15-4-3-5-16(14-15)20(22)21-12-10-19(11-13-21)24-18-8-6-17(23-2)7-9-18/h3-9,14,19H,10-13H2,1-2H3. The molecule has 0 aromatic heterocycles. The van der Waals surface area contributed by atoms with E-state index < -0.39 is 0 Å². The second-order valence-electron chi connectivity index (χ2n) is 6.15. The van der Waals surface area contributed by atoms with E-state index in [2.05, 4.69) is 0 Å². The van der Waals surface area contributed by atoms with Gasteiger partial charge in [0.05, 0.1) is 7.11 Å². The molecule has 0 radical (unpaired) electrons. The van der Waals surface area contributed by atoms with Crippen LogP contribution in [0.3, 0.4) is 0 Å². The van der Waals surface area contributed by atoms with Gasteiger partial charge in [0.15, 0.2) is 0 Å². The number of methoxy groups -OCH3 is 1. The third-order valence-corrected chi connectivity index (χ3v) is 4.36. The van der Waals surface area contributed by atoms with E-state index in [1.807, 2.05) is 60.4 Å². The number of nitrogens with zero attached hydrogens (tertiary/aromatic N) is 1. The summed E-state index contributed by atoms with van der Waals surface area (Å²) >= 11 is 0. The molecule has 3 rings (SSSR count). The maximum atomic E-state index is 12.6. The molecule has 0 atom stereocenters. The molecule has 2 aromatic rings. The van der Waals surface area contributed by atoms with Gasteiger partial charge in [-0.05, 0) is 43.3 Å². The van der Waals surface area contributed by atoms with E-state index in [9.17, 15) is 4.79 Å². The SMILES string of the molecule is COc1ccc(OC2CCN(C(=O)c3cccc(C)c3)CC2)cc1. The Hall–Kier alpha value is -2.49. The maximum absolute atomic E-state index is 12.6. The van der Waals surface area contributed by atoms with Crippen molar-refractivity contribution in [3.8, 4) is 11.5 Å². The highest BCUT2D eigenvalue weighted by Crippen LogP contribution is 2.22. The third kappa shape index (κ3) is 3.88. The maximum Gasteiger partial charge on any atom is 0.253 e. The van der Waals surface area contributed by atoms with Crippen LogP contribution >= 0.6 is 0 Å². The molecular formula is C20H23NO3. The summed E-state index contributed by atoms with van der Waals surface area (Å²) in [6.45, 7) is 3.47. The minimum absolute atomic E-state index is 0.113. The van der Waals surface area contributed by atoms with Crippen molar-refractivity contribution in [2.24, 2.45) is 0 Å². The Kier molecular flexibility index (Phi) is 5.04. The molecule has 0 N–H and O–H groups in total. The van der Waals surface area contributed by atoms with Crippen molar-refractivity contribution in [3.63, 3.8) is 0 Å². The number of aryl methyl sites for hydroxylation is 1. The van der Waals surface area contributed by atoms with Crippen LogP contribution in [0.25, 0.3) is 0 Å². The van der Waals surface area contributed by atoms with Crippen LogP contribution in [-0.2, 0) is 0 Å². The summed E-state index contributed by atoms with van der Waals surface area (Å²) in [6, 6.07) is 15.4. The Bertz CT molecular complexity index is 688. The number of carbonyl (C=O) groups is 1. The van der Waals surface area contributed by atoms with Crippen LogP contribution in [0.5, 0.6) is 11.5 Å². The second-order valence-corrected chi connectivity index (χ2v) is 6.15. The lowest BCUT2D eigenvalue weighted by Gasteiger charge is -2.32. The summed E-state index contributed by atoms with van der Waals surface area (Å²) in [4.78, 5) is 14.5. The lowest BCUT2D eigenvalue weighted by Crippen LogP contribution is -2.41. The number of hydrogen-bond donors (Lipinski definition) is 0. The molecule has 126 valence electrons. The highest BCUT2D eigenvalue weighted by molar-refractivity contribution is 5.94. The lowest BCUT2D eigenvalue weighted by atomic mass is 10.1. The van der Waals surface area contributed by atoms with Crippen LogP contribution < -0.4 is 9.47 Å². The van der Waals surface area contributed by atoms with Gasteiger partial charge in [-0.25, -0.2) is 0 Å². The highest BCUT2D eigenvalue weighted by Gasteiger charge is 2.24. The molecule has 24 heavy (non-hydrogen) atoms. The average Bonchev–Trinajstić information content (AvgIpc) is 2.62. The summed E-state index contributed by atoms with van der Waals surface area (Å²) in [6.07, 6.45) is 1.85. The van der Waals surface area contributed by atoms with Crippen LogP contribution in [0.1, 0.15) is 28.8 Å². The molecule has 0 unspecified atom stereocenters. The van der Waals surface area contributed by atoms with Gasteiger partial charge in [0.1, 0.15) is 17.6 Å². The van der Waals surface area contributed by atoms with Crippen LogP contribution in [0.2, 0.25) is 0 Å². The van der Waals surface area contributed by atoms with Crippen molar-refractivity contribution in [2.45, 2.75) is 25.9 Å². The van der Waals surface area contributed by atoms with E-state index in [4.69, 9.17) is 9.47 Å². The number of carbonyl (C=O) groups excluding carboxylic acids is 1. The predicted octanol–water partition coefficient (Wildman–Crippen LogP) is 3.69. The van der Waals surface area contributed by atoms with E-state index in [1.54, 1.807) is 7.11 Å². The second kappa shape index (κ2) is 7.39. The number of rotatable bonds is 4. The first-order chi connectivity index (χ1) is 11.7. The number of piperidine rings is 1. The van der Waals surface area contributed by atoms with Gasteiger partial charge in [0.25, 0.3) is 5.91 Å². The first-order valence-electron chi connectivity index (χ1n) is 8.32. The highest BCUT2D eigenvalue weighted by atomic mass is 16.5. The summed E-state index contributed by atoms with van der Waals surface area (Å²) < 4.78 is 11.2. The Morgan fingerprint density at radius 3 is 2.33 bits per heavy atom. The smallest absolute Gasteiger partial charge is 0.253 e. The van der Waals surface area contributed by atoms with Crippen molar-refractivity contribution in [2.75, 3.05) is 20.2 Å². The van der Waals surface area contributed by atoms with Gasteiger partial charge in [-0.3, -0.25) is 4.79 Å². The van der Waals surface area contributed by atoms with Gasteiger partial charge >= 0.3 is 0 Å². The Morgan fingerprint density at radius 2 is 1.71 bits per heavy atom. The molecule has 2 aromatic carbocycles. The molecule has 4 heteroatoms. The van der Waals surface area contributed by atoms with Crippen LogP contribution in [0.4, 0.5) is 0 Å². The zero-order chi connectivity index (χ0) is 16.9. The first kappa shape index (κ1) is 16.4. The van der Waals surface area contributed by atoms with Gasteiger partial charge in [0.2, 0.25) is 0 Å². The fourth-order valence-electron chi connectivity index (χ4n) is 2.98. The average molecular weight is 325 g/mol. The number of benzene rings is 2. The van der Waals surface area contributed by atoms with Gasteiger partial charge in [-0.2, -0.15) is 0 Å². The van der Waals surface area contributed by atoms with Crippen molar-refractivity contribution in [3.05, 3.63) is 59.7 Å². The van der Waals surface area contributed by atoms with E-state index in [0.717, 1.165) is 48.6 Å². The quantitative estimate of drug-likeness (QED) is 0.860. The van der Waals surface area contributed by atoms with Crippen LogP contribution in [0.15, 0.2) is 48.5 Å². The number of amides is 1. The predicted molar refractivity (Wildman–Crippen MR) is 93.7 cm³/mol. The van der Waals surface area contributed by atoms with Crippen molar-refractivity contribution in [1.82, 2.24) is 4.90 Å². The summed E-state index contributed by atoms with van der Waals surface area (Å²) in [5.41, 5.74) is 1.88. The zero-order valence-corrected chi connectivity index (χ0v) is 14.2. The van der Waals surface area contributed by atoms with Crippen molar-refractivity contribution < 1.29 is 14.3 Å². The molecule has 1 aliphatic heterocycles. The third-order valence-electron chi connectivity index (χ3n) is 4.36. The number of hydrogen-bond acceptors (Lipinski definition) is 3. The van der Waals surface area contributed by atoms with Gasteiger partial charge in [0, 0.05) is 31.5 Å². The number of likely N-dealkylation sites (tertiary alicyclic amines) is 1. The number of ether oxygens (including phenoxy) is 2. The van der Waals surface area contributed by atoms with Crippen molar-refractivity contribution >= 4 is 5.91 Å². The van der Waals surface area contributed by atoms with E-state index in [-0.39, 0.29) is 12.0 Å². The van der Waals surface area contributed by atoms with Gasteiger partial charge in [-0.15, -0.1) is 0 Å².